The van der Waals surface area contributed by atoms with Gasteiger partial charge < -0.3 is 9.32 Å². The molecule has 1 amide bonds. The van der Waals surface area contributed by atoms with Crippen molar-refractivity contribution in [3.8, 4) is 0 Å². The Hall–Kier alpha value is -2.37. The highest BCUT2D eigenvalue weighted by molar-refractivity contribution is 5.91. The van der Waals surface area contributed by atoms with E-state index in [2.05, 4.69) is 10.2 Å². The van der Waals surface area contributed by atoms with Gasteiger partial charge in [0.25, 0.3) is 0 Å². The fourth-order valence-electron chi connectivity index (χ4n) is 2.48. The molecular weight excluding hydrogens is 256 g/mol. The van der Waals surface area contributed by atoms with Crippen molar-refractivity contribution in [2.45, 2.75) is 25.4 Å². The van der Waals surface area contributed by atoms with Crippen LogP contribution in [0.4, 0.5) is 0 Å². The van der Waals surface area contributed by atoms with Gasteiger partial charge in [0.15, 0.2) is 0 Å². The van der Waals surface area contributed by atoms with E-state index in [0.29, 0.717) is 12.3 Å². The van der Waals surface area contributed by atoms with E-state index in [0.717, 1.165) is 19.4 Å². The largest absolute Gasteiger partial charge is 0.465 e. The van der Waals surface area contributed by atoms with Crippen LogP contribution in [0.25, 0.3) is 6.08 Å². The first-order valence-corrected chi connectivity index (χ1v) is 6.69. The Balaban J connectivity index is 1.64. The van der Waals surface area contributed by atoms with Gasteiger partial charge in [0.05, 0.1) is 31.2 Å². The van der Waals surface area contributed by atoms with Gasteiger partial charge in [0.2, 0.25) is 5.91 Å². The van der Waals surface area contributed by atoms with E-state index < -0.39 is 0 Å². The minimum absolute atomic E-state index is 0.0102. The van der Waals surface area contributed by atoms with Crippen molar-refractivity contribution in [1.82, 2.24) is 19.9 Å². The molecule has 6 nitrogen and oxygen atoms in total. The fraction of sp³-hybridized carbons (Fsp3) is 0.357. The summed E-state index contributed by atoms with van der Waals surface area (Å²) in [6.07, 6.45) is 10.2. The summed E-state index contributed by atoms with van der Waals surface area (Å²) < 4.78 is 5.18. The van der Waals surface area contributed by atoms with Crippen LogP contribution in [0, 0.1) is 0 Å². The summed E-state index contributed by atoms with van der Waals surface area (Å²) in [5.74, 6) is 0.693. The third-order valence-electron chi connectivity index (χ3n) is 3.43. The highest BCUT2D eigenvalue weighted by Crippen LogP contribution is 2.19. The van der Waals surface area contributed by atoms with Gasteiger partial charge in [-0.25, -0.2) is 0 Å². The SMILES string of the molecule is O=C(C=Cc1ccco1)N1CCCC1Cn1nccn1. The zero-order chi connectivity index (χ0) is 13.8. The molecule has 3 heterocycles. The Morgan fingerprint density at radius 3 is 3.05 bits per heavy atom. The second-order valence-electron chi connectivity index (χ2n) is 4.76. The molecule has 0 N–H and O–H groups in total. The van der Waals surface area contributed by atoms with Gasteiger partial charge in [-0.1, -0.05) is 0 Å². The number of aromatic nitrogens is 3. The predicted molar refractivity (Wildman–Crippen MR) is 72.5 cm³/mol. The minimum atomic E-state index is 0.0102. The molecule has 1 atom stereocenters. The monoisotopic (exact) mass is 272 g/mol. The Labute approximate surface area is 116 Å². The van der Waals surface area contributed by atoms with Crippen LogP contribution in [0.5, 0.6) is 0 Å². The van der Waals surface area contributed by atoms with Gasteiger partial charge >= 0.3 is 0 Å². The molecule has 1 unspecified atom stereocenters. The quantitative estimate of drug-likeness (QED) is 0.793. The van der Waals surface area contributed by atoms with E-state index in [4.69, 9.17) is 4.42 Å². The zero-order valence-electron chi connectivity index (χ0n) is 11.1. The molecule has 0 aliphatic carbocycles. The lowest BCUT2D eigenvalue weighted by molar-refractivity contribution is -0.127. The number of carbonyl (C=O) groups excluding carboxylic acids is 1. The second-order valence-corrected chi connectivity index (χ2v) is 4.76. The van der Waals surface area contributed by atoms with Crippen molar-refractivity contribution >= 4 is 12.0 Å². The summed E-state index contributed by atoms with van der Waals surface area (Å²) in [6, 6.07) is 3.78. The molecular formula is C14H16N4O2. The summed E-state index contributed by atoms with van der Waals surface area (Å²) in [7, 11) is 0. The zero-order valence-corrected chi connectivity index (χ0v) is 11.1. The maximum Gasteiger partial charge on any atom is 0.247 e. The Morgan fingerprint density at radius 1 is 1.45 bits per heavy atom. The molecule has 3 rings (SSSR count). The van der Waals surface area contributed by atoms with E-state index in [1.54, 1.807) is 41.7 Å². The maximum atomic E-state index is 12.2. The molecule has 0 aromatic carbocycles. The molecule has 0 radical (unpaired) electrons. The summed E-state index contributed by atoms with van der Waals surface area (Å²) in [5.41, 5.74) is 0. The molecule has 1 aliphatic heterocycles. The van der Waals surface area contributed by atoms with Crippen LogP contribution in [0.1, 0.15) is 18.6 Å². The lowest BCUT2D eigenvalue weighted by Gasteiger charge is -2.22. The minimum Gasteiger partial charge on any atom is -0.465 e. The molecule has 1 fully saturated rings. The molecule has 0 spiro atoms. The van der Waals surface area contributed by atoms with Gasteiger partial charge in [0.1, 0.15) is 5.76 Å². The van der Waals surface area contributed by atoms with Crippen molar-refractivity contribution in [2.75, 3.05) is 6.54 Å². The predicted octanol–water partition coefficient (Wildman–Crippen LogP) is 1.58. The number of hydrogen-bond donors (Lipinski definition) is 0. The van der Waals surface area contributed by atoms with Crippen molar-refractivity contribution in [1.29, 1.82) is 0 Å². The number of hydrogen-bond acceptors (Lipinski definition) is 4. The number of nitrogens with zero attached hydrogens (tertiary/aromatic N) is 4. The van der Waals surface area contributed by atoms with Crippen LogP contribution < -0.4 is 0 Å². The number of rotatable bonds is 4. The van der Waals surface area contributed by atoms with Crippen LogP contribution in [0.3, 0.4) is 0 Å². The molecule has 0 saturated carbocycles. The van der Waals surface area contributed by atoms with Gasteiger partial charge in [0, 0.05) is 12.6 Å². The number of furan rings is 1. The van der Waals surface area contributed by atoms with Crippen molar-refractivity contribution < 1.29 is 9.21 Å². The first kappa shape index (κ1) is 12.7. The summed E-state index contributed by atoms with van der Waals surface area (Å²) >= 11 is 0. The molecule has 104 valence electrons. The molecule has 20 heavy (non-hydrogen) atoms. The smallest absolute Gasteiger partial charge is 0.247 e. The standard InChI is InChI=1S/C14H16N4O2/c19-14(6-5-13-4-2-10-20-13)17-9-1-3-12(17)11-18-15-7-8-16-18/h2,4-8,10,12H,1,3,9,11H2. The van der Waals surface area contributed by atoms with E-state index in [-0.39, 0.29) is 11.9 Å². The van der Waals surface area contributed by atoms with Crippen LogP contribution in [0.2, 0.25) is 0 Å². The van der Waals surface area contributed by atoms with Gasteiger partial charge in [-0.2, -0.15) is 15.0 Å². The van der Waals surface area contributed by atoms with Gasteiger partial charge in [-0.05, 0) is 31.1 Å². The first-order chi connectivity index (χ1) is 9.83. The van der Waals surface area contributed by atoms with E-state index in [1.807, 2.05) is 11.0 Å². The molecule has 2 aromatic rings. The van der Waals surface area contributed by atoms with Crippen LogP contribution in [-0.2, 0) is 11.3 Å². The summed E-state index contributed by atoms with van der Waals surface area (Å²) in [4.78, 5) is 15.7. The topological polar surface area (TPSA) is 64.2 Å². The Morgan fingerprint density at radius 2 is 2.30 bits per heavy atom. The average Bonchev–Trinajstić information content (AvgIpc) is 3.19. The van der Waals surface area contributed by atoms with Crippen LogP contribution >= 0.6 is 0 Å². The van der Waals surface area contributed by atoms with Gasteiger partial charge in [-0.15, -0.1) is 0 Å². The summed E-state index contributed by atoms with van der Waals surface area (Å²) in [6.45, 7) is 1.43. The summed E-state index contributed by atoms with van der Waals surface area (Å²) in [5, 5.41) is 8.19. The number of carbonyl (C=O) groups is 1. The average molecular weight is 272 g/mol. The third-order valence-corrected chi connectivity index (χ3v) is 3.43. The molecule has 2 aromatic heterocycles. The van der Waals surface area contributed by atoms with Crippen molar-refractivity contribution in [3.63, 3.8) is 0 Å². The lowest BCUT2D eigenvalue weighted by atomic mass is 10.2. The third kappa shape index (κ3) is 2.79. The van der Waals surface area contributed by atoms with Crippen molar-refractivity contribution in [2.24, 2.45) is 0 Å². The normalized spacial score (nSPS) is 19.0. The van der Waals surface area contributed by atoms with E-state index in [1.165, 1.54) is 0 Å². The van der Waals surface area contributed by atoms with Crippen LogP contribution in [-0.4, -0.2) is 38.4 Å². The molecule has 1 saturated heterocycles. The second kappa shape index (κ2) is 5.73. The van der Waals surface area contributed by atoms with Gasteiger partial charge in [-0.3, -0.25) is 4.79 Å². The molecule has 1 aliphatic rings. The van der Waals surface area contributed by atoms with Crippen LogP contribution in [0.15, 0.2) is 41.3 Å². The first-order valence-electron chi connectivity index (χ1n) is 6.69. The number of amides is 1. The Kier molecular flexibility index (Phi) is 3.62. The Bertz CT molecular complexity index is 574. The molecule has 0 bridgehead atoms. The number of likely N-dealkylation sites (tertiary alicyclic amines) is 1. The highest BCUT2D eigenvalue weighted by Gasteiger charge is 2.28. The van der Waals surface area contributed by atoms with Crippen molar-refractivity contribution in [3.05, 3.63) is 42.6 Å². The highest BCUT2D eigenvalue weighted by atomic mass is 16.3. The fourth-order valence-corrected chi connectivity index (χ4v) is 2.48. The van der Waals surface area contributed by atoms with E-state index >= 15 is 0 Å². The maximum absolute atomic E-state index is 12.2. The van der Waals surface area contributed by atoms with E-state index in [9.17, 15) is 4.79 Å². The molecule has 6 heteroatoms. The lowest BCUT2D eigenvalue weighted by Crippen LogP contribution is -2.37.